The number of aromatic amines is 1. The minimum atomic E-state index is -0.369. The fourth-order valence-electron chi connectivity index (χ4n) is 2.74. The van der Waals surface area contributed by atoms with E-state index in [4.69, 9.17) is 0 Å². The summed E-state index contributed by atoms with van der Waals surface area (Å²) in [5, 5.41) is 6.08. The lowest BCUT2D eigenvalue weighted by molar-refractivity contribution is -0.115. The number of carbonyl (C=O) groups is 1. The monoisotopic (exact) mass is 378 g/mol. The molecule has 0 fully saturated rings. The van der Waals surface area contributed by atoms with E-state index in [1.54, 1.807) is 25.4 Å². The first-order valence-electron chi connectivity index (χ1n) is 9.03. The Morgan fingerprint density at radius 1 is 1.18 bits per heavy atom. The van der Waals surface area contributed by atoms with Crippen molar-refractivity contribution in [1.29, 1.82) is 0 Å². The Hall–Kier alpha value is -3.39. The second kappa shape index (κ2) is 9.01. The van der Waals surface area contributed by atoms with Crippen LogP contribution in [-0.2, 0) is 17.8 Å². The van der Waals surface area contributed by atoms with Gasteiger partial charge in [-0.05, 0) is 37.2 Å². The first kappa shape index (κ1) is 19.4. The van der Waals surface area contributed by atoms with Gasteiger partial charge < -0.3 is 15.6 Å². The van der Waals surface area contributed by atoms with Crippen LogP contribution in [0.4, 0.5) is 5.69 Å². The van der Waals surface area contributed by atoms with Gasteiger partial charge in [0.05, 0.1) is 6.42 Å². The lowest BCUT2D eigenvalue weighted by Gasteiger charge is -2.09. The van der Waals surface area contributed by atoms with E-state index in [2.05, 4.69) is 30.6 Å². The normalized spacial score (nSPS) is 10.6. The van der Waals surface area contributed by atoms with Crippen molar-refractivity contribution in [2.45, 2.75) is 26.8 Å². The average molecular weight is 378 g/mol. The molecular formula is C20H22N6O2. The Kier molecular flexibility index (Phi) is 6.23. The molecule has 8 heteroatoms. The number of nitrogens with zero attached hydrogens (tertiary/aromatic N) is 3. The van der Waals surface area contributed by atoms with Crippen LogP contribution < -0.4 is 16.2 Å². The summed E-state index contributed by atoms with van der Waals surface area (Å²) in [6, 6.07) is 9.28. The molecule has 0 spiro atoms. The molecule has 0 saturated heterocycles. The second-order valence-corrected chi connectivity index (χ2v) is 6.26. The predicted octanol–water partition coefficient (Wildman–Crippen LogP) is 1.83. The van der Waals surface area contributed by atoms with Crippen molar-refractivity contribution in [2.24, 2.45) is 0 Å². The van der Waals surface area contributed by atoms with Crippen LogP contribution in [0.15, 0.2) is 47.5 Å². The van der Waals surface area contributed by atoms with E-state index in [0.717, 1.165) is 18.7 Å². The molecule has 2 aromatic heterocycles. The topological polar surface area (TPSA) is 113 Å². The fraction of sp³-hybridized carbons (Fsp3) is 0.250. The largest absolute Gasteiger partial charge is 0.326 e. The van der Waals surface area contributed by atoms with Gasteiger partial charge in [0.2, 0.25) is 5.91 Å². The Morgan fingerprint density at radius 2 is 1.96 bits per heavy atom. The number of amides is 1. The number of hydrogen-bond acceptors (Lipinski definition) is 6. The maximum atomic E-state index is 12.5. The second-order valence-electron chi connectivity index (χ2n) is 6.26. The smallest absolute Gasteiger partial charge is 0.255 e. The van der Waals surface area contributed by atoms with E-state index in [-0.39, 0.29) is 23.7 Å². The number of benzene rings is 1. The van der Waals surface area contributed by atoms with E-state index in [0.29, 0.717) is 22.8 Å². The molecule has 0 aliphatic carbocycles. The summed E-state index contributed by atoms with van der Waals surface area (Å²) in [4.78, 5) is 40.0. The molecule has 1 amide bonds. The zero-order chi connectivity index (χ0) is 19.9. The molecule has 1 aromatic carbocycles. The third-order valence-corrected chi connectivity index (χ3v) is 4.13. The maximum Gasteiger partial charge on any atom is 0.255 e. The molecule has 28 heavy (non-hydrogen) atoms. The SMILES string of the molecule is CCNCc1cccc(NC(=O)Cc2c(C)nc(-c3ncccn3)[nH]c2=O)c1. The zero-order valence-corrected chi connectivity index (χ0v) is 15.8. The number of H-pyrrole nitrogens is 1. The quantitative estimate of drug-likeness (QED) is 0.578. The molecule has 0 saturated carbocycles. The fourth-order valence-corrected chi connectivity index (χ4v) is 2.74. The minimum absolute atomic E-state index is 0.0679. The molecule has 0 unspecified atom stereocenters. The van der Waals surface area contributed by atoms with E-state index in [1.165, 1.54) is 0 Å². The molecule has 0 atom stereocenters. The highest BCUT2D eigenvalue weighted by atomic mass is 16.2. The van der Waals surface area contributed by atoms with Gasteiger partial charge in [-0.15, -0.1) is 0 Å². The van der Waals surface area contributed by atoms with Crippen molar-refractivity contribution in [3.63, 3.8) is 0 Å². The number of aromatic nitrogens is 4. The van der Waals surface area contributed by atoms with Crippen LogP contribution in [0, 0.1) is 6.92 Å². The molecule has 3 rings (SSSR count). The summed E-state index contributed by atoms with van der Waals surface area (Å²) in [7, 11) is 0. The zero-order valence-electron chi connectivity index (χ0n) is 15.8. The van der Waals surface area contributed by atoms with Crippen LogP contribution in [0.5, 0.6) is 0 Å². The Morgan fingerprint density at radius 3 is 2.68 bits per heavy atom. The van der Waals surface area contributed by atoms with Crippen molar-refractivity contribution >= 4 is 11.6 Å². The molecular weight excluding hydrogens is 356 g/mol. The van der Waals surface area contributed by atoms with Crippen molar-refractivity contribution in [3.8, 4) is 11.6 Å². The van der Waals surface area contributed by atoms with E-state index >= 15 is 0 Å². The van der Waals surface area contributed by atoms with Gasteiger partial charge in [0.15, 0.2) is 11.6 Å². The third kappa shape index (κ3) is 4.86. The van der Waals surface area contributed by atoms with Crippen LogP contribution in [-0.4, -0.2) is 32.4 Å². The van der Waals surface area contributed by atoms with Gasteiger partial charge in [0.1, 0.15) is 0 Å². The lowest BCUT2D eigenvalue weighted by atomic mass is 10.1. The minimum Gasteiger partial charge on any atom is -0.326 e. The van der Waals surface area contributed by atoms with Crippen LogP contribution in [0.2, 0.25) is 0 Å². The van der Waals surface area contributed by atoms with Crippen LogP contribution in [0.1, 0.15) is 23.7 Å². The van der Waals surface area contributed by atoms with Crippen molar-refractivity contribution in [2.75, 3.05) is 11.9 Å². The van der Waals surface area contributed by atoms with Crippen LogP contribution in [0.25, 0.3) is 11.6 Å². The lowest BCUT2D eigenvalue weighted by Crippen LogP contribution is -2.24. The van der Waals surface area contributed by atoms with Gasteiger partial charge in [-0.25, -0.2) is 15.0 Å². The Labute approximate surface area is 162 Å². The summed E-state index contributed by atoms with van der Waals surface area (Å²) in [6.07, 6.45) is 3.08. The number of aryl methyl sites for hydroxylation is 1. The maximum absolute atomic E-state index is 12.5. The number of carbonyl (C=O) groups excluding carboxylic acids is 1. The number of nitrogens with one attached hydrogen (secondary N) is 3. The highest BCUT2D eigenvalue weighted by Crippen LogP contribution is 2.12. The van der Waals surface area contributed by atoms with Crippen molar-refractivity contribution in [3.05, 3.63) is 69.9 Å². The van der Waals surface area contributed by atoms with Crippen molar-refractivity contribution in [1.82, 2.24) is 25.3 Å². The molecule has 0 aliphatic rings. The van der Waals surface area contributed by atoms with Gasteiger partial charge in [-0.1, -0.05) is 19.1 Å². The molecule has 3 aromatic rings. The van der Waals surface area contributed by atoms with E-state index < -0.39 is 0 Å². The van der Waals surface area contributed by atoms with E-state index in [1.807, 2.05) is 31.2 Å². The highest BCUT2D eigenvalue weighted by Gasteiger charge is 2.14. The number of hydrogen-bond donors (Lipinski definition) is 3. The number of rotatable bonds is 7. The van der Waals surface area contributed by atoms with Gasteiger partial charge in [-0.3, -0.25) is 9.59 Å². The predicted molar refractivity (Wildman–Crippen MR) is 107 cm³/mol. The Balaban J connectivity index is 1.73. The van der Waals surface area contributed by atoms with E-state index in [9.17, 15) is 9.59 Å². The van der Waals surface area contributed by atoms with Crippen LogP contribution in [0.3, 0.4) is 0 Å². The molecule has 2 heterocycles. The first-order chi connectivity index (χ1) is 13.6. The number of anilines is 1. The average Bonchev–Trinajstić information content (AvgIpc) is 2.70. The summed E-state index contributed by atoms with van der Waals surface area (Å²) < 4.78 is 0. The third-order valence-electron chi connectivity index (χ3n) is 4.13. The van der Waals surface area contributed by atoms with Gasteiger partial charge in [0, 0.05) is 35.9 Å². The summed E-state index contributed by atoms with van der Waals surface area (Å²) in [5.41, 5.74) is 2.19. The molecule has 144 valence electrons. The molecule has 3 N–H and O–H groups in total. The van der Waals surface area contributed by atoms with Gasteiger partial charge in [0.25, 0.3) is 5.56 Å². The standard InChI is InChI=1S/C20H22N6O2/c1-3-21-12-14-6-4-7-15(10-14)25-17(27)11-16-13(2)24-19(26-20(16)28)18-22-8-5-9-23-18/h4-10,21H,3,11-12H2,1-2H3,(H,25,27)(H,24,26,28). The summed E-state index contributed by atoms with van der Waals surface area (Å²) in [6.45, 7) is 5.33. The molecule has 8 nitrogen and oxygen atoms in total. The van der Waals surface area contributed by atoms with Gasteiger partial charge >= 0.3 is 0 Å². The Bertz CT molecular complexity index is 1020. The van der Waals surface area contributed by atoms with Crippen LogP contribution >= 0.6 is 0 Å². The van der Waals surface area contributed by atoms with Gasteiger partial charge in [-0.2, -0.15) is 0 Å². The molecule has 0 aliphatic heterocycles. The molecule has 0 bridgehead atoms. The van der Waals surface area contributed by atoms with Crippen molar-refractivity contribution < 1.29 is 4.79 Å². The summed E-state index contributed by atoms with van der Waals surface area (Å²) >= 11 is 0. The summed E-state index contributed by atoms with van der Waals surface area (Å²) in [5.74, 6) is 0.333. The first-order valence-corrected chi connectivity index (χ1v) is 9.03. The highest BCUT2D eigenvalue weighted by molar-refractivity contribution is 5.92. The molecule has 0 radical (unpaired) electrons.